The van der Waals surface area contributed by atoms with Gasteiger partial charge in [-0.25, -0.2) is 9.59 Å². The largest absolute Gasteiger partial charge is 0.478 e. The Morgan fingerprint density at radius 2 is 1.58 bits per heavy atom. The van der Waals surface area contributed by atoms with Crippen LogP contribution >= 0.6 is 0 Å². The molecule has 6 N–H and O–H groups in total. The van der Waals surface area contributed by atoms with Crippen molar-refractivity contribution in [1.82, 2.24) is 5.32 Å². The summed E-state index contributed by atoms with van der Waals surface area (Å²) in [6.07, 6.45) is 0.457. The number of amides is 1. The van der Waals surface area contributed by atoms with Crippen molar-refractivity contribution in [2.24, 2.45) is 4.99 Å². The summed E-state index contributed by atoms with van der Waals surface area (Å²) in [7, 11) is -9.02. The highest BCUT2D eigenvalue weighted by atomic mass is 32.2. The maximum Gasteiger partial charge on any atom is 0.407 e. The molecule has 2 aromatic carbocycles. The van der Waals surface area contributed by atoms with Gasteiger partial charge in [-0.2, -0.15) is 16.8 Å². The number of carboxylic acids is 1. The van der Waals surface area contributed by atoms with Gasteiger partial charge in [0.1, 0.15) is 0 Å². The molecule has 1 aliphatic carbocycles. The molecule has 1 aliphatic heterocycles. The van der Waals surface area contributed by atoms with E-state index < -0.39 is 64.9 Å². The number of nitrogens with two attached hydrogens (primary N) is 1. The van der Waals surface area contributed by atoms with Crippen LogP contribution in [0.3, 0.4) is 0 Å². The summed E-state index contributed by atoms with van der Waals surface area (Å²) in [4.78, 5) is 39.3. The highest BCUT2D eigenvalue weighted by molar-refractivity contribution is 7.86. The Morgan fingerprint density at radius 1 is 0.885 bits per heavy atom. The van der Waals surface area contributed by atoms with Gasteiger partial charge >= 0.3 is 12.1 Å². The first-order valence-corrected chi connectivity index (χ1v) is 18.6. The van der Waals surface area contributed by atoms with Crippen LogP contribution in [0.5, 0.6) is 0 Å². The fourth-order valence-corrected chi connectivity index (χ4v) is 6.90. The molecule has 0 bridgehead atoms. The van der Waals surface area contributed by atoms with E-state index in [1.807, 2.05) is 6.92 Å². The second-order valence-electron chi connectivity index (χ2n) is 11.2. The summed E-state index contributed by atoms with van der Waals surface area (Å²) >= 11 is 0. The average molecular weight is 764 g/mol. The van der Waals surface area contributed by atoms with Crippen molar-refractivity contribution in [2.45, 2.75) is 36.0 Å². The summed E-state index contributed by atoms with van der Waals surface area (Å²) in [5.74, 6) is -2.47. The van der Waals surface area contributed by atoms with Gasteiger partial charge in [-0.15, -0.1) is 0 Å². The number of anilines is 1. The lowest BCUT2D eigenvalue weighted by Crippen LogP contribution is -2.28. The minimum Gasteiger partial charge on any atom is -0.478 e. The minimum atomic E-state index is -5.13. The van der Waals surface area contributed by atoms with Gasteiger partial charge in [0, 0.05) is 48.7 Å². The van der Waals surface area contributed by atoms with Crippen LogP contribution in [-0.4, -0.2) is 95.5 Å². The number of carboxylic acid groups (broad SMARTS) is 1. The molecule has 280 valence electrons. The number of nitrogens with zero attached hydrogens (tertiary/aromatic N) is 1. The topological polar surface area (TPSA) is 271 Å². The molecular formula is C33H37N3O14S2. The summed E-state index contributed by atoms with van der Waals surface area (Å²) < 4.78 is 92.1. The lowest BCUT2D eigenvalue weighted by Gasteiger charge is -2.20. The number of hydrogen-bond donors (Lipinski definition) is 5. The van der Waals surface area contributed by atoms with Gasteiger partial charge in [0.25, 0.3) is 20.2 Å². The summed E-state index contributed by atoms with van der Waals surface area (Å²) in [5.41, 5.74) is 4.13. The molecule has 19 heteroatoms. The van der Waals surface area contributed by atoms with Crippen LogP contribution in [0, 0.1) is 0 Å². The molecule has 0 radical (unpaired) electrons. The molecule has 0 unspecified atom stereocenters. The fourth-order valence-electron chi connectivity index (χ4n) is 5.34. The molecule has 0 spiro atoms. The number of alkyl carbamates (subject to hydrolysis) is 1. The number of ether oxygens (including phenoxy) is 3. The number of carbonyl (C=O) groups is 3. The van der Waals surface area contributed by atoms with E-state index in [0.29, 0.717) is 13.0 Å². The highest BCUT2D eigenvalue weighted by Crippen LogP contribution is 2.46. The van der Waals surface area contributed by atoms with Crippen LogP contribution in [0.25, 0.3) is 33.4 Å². The summed E-state index contributed by atoms with van der Waals surface area (Å²) in [6, 6.07) is 8.67. The third-order valence-corrected chi connectivity index (χ3v) is 9.44. The normalized spacial score (nSPS) is 12.3. The van der Waals surface area contributed by atoms with Gasteiger partial charge in [-0.05, 0) is 54.8 Å². The number of benzene rings is 3. The number of hydrogen-bond acceptors (Lipinski definition) is 13. The fraction of sp³-hybridized carbons (Fsp3) is 0.333. The van der Waals surface area contributed by atoms with Crippen LogP contribution in [0.4, 0.5) is 10.5 Å². The average Bonchev–Trinajstić information content (AvgIpc) is 3.08. The monoisotopic (exact) mass is 763 g/mol. The van der Waals surface area contributed by atoms with E-state index in [0.717, 1.165) is 6.07 Å². The van der Waals surface area contributed by atoms with Gasteiger partial charge in [0.05, 0.1) is 43.0 Å². The molecule has 0 atom stereocenters. The Balaban J connectivity index is 1.66. The van der Waals surface area contributed by atoms with Crippen LogP contribution in [0.1, 0.15) is 46.9 Å². The minimum absolute atomic E-state index is 0.0141. The molecule has 52 heavy (non-hydrogen) atoms. The molecule has 1 heterocycles. The Bertz CT molecular complexity index is 2250. The van der Waals surface area contributed by atoms with E-state index in [1.54, 1.807) is 0 Å². The molecule has 2 aromatic rings. The molecule has 4 rings (SSSR count). The Kier molecular flexibility index (Phi) is 13.1. The van der Waals surface area contributed by atoms with Gasteiger partial charge in [-0.3, -0.25) is 18.9 Å². The van der Waals surface area contributed by atoms with Crippen LogP contribution in [-0.2, 0) is 34.4 Å². The highest BCUT2D eigenvalue weighted by Gasteiger charge is 2.32. The van der Waals surface area contributed by atoms with E-state index in [9.17, 15) is 45.4 Å². The summed E-state index contributed by atoms with van der Waals surface area (Å²) in [5, 5.41) is 12.3. The van der Waals surface area contributed by atoms with Crippen molar-refractivity contribution in [3.05, 3.63) is 58.9 Å². The van der Waals surface area contributed by atoms with Crippen molar-refractivity contribution in [1.29, 1.82) is 0 Å². The molecule has 2 aliphatic rings. The Labute approximate surface area is 298 Å². The Morgan fingerprint density at radius 3 is 2.21 bits per heavy atom. The molecule has 0 fully saturated rings. The molecule has 1 amide bonds. The van der Waals surface area contributed by atoms with E-state index >= 15 is 0 Å². The van der Waals surface area contributed by atoms with Crippen LogP contribution in [0.2, 0.25) is 0 Å². The number of rotatable bonds is 17. The predicted molar refractivity (Wildman–Crippen MR) is 186 cm³/mol. The maximum atomic E-state index is 13.3. The number of Topliss-reactive ketones (excluding diaryl/α,β-unsaturated/α-hetero) is 1. The number of nitrogens with one attached hydrogen (secondary N) is 1. The van der Waals surface area contributed by atoms with E-state index in [2.05, 4.69) is 10.3 Å². The molecule has 17 nitrogen and oxygen atoms in total. The number of nitrogen functional groups attached to an aromatic ring is 1. The Hall–Kier alpha value is -4.92. The van der Waals surface area contributed by atoms with E-state index in [1.165, 1.54) is 43.4 Å². The van der Waals surface area contributed by atoms with Crippen LogP contribution in [0.15, 0.2) is 61.7 Å². The standard InChI is InChI=1S/C33H37N3O14S2/c1-3-13-49-33(40)36-12-15-48-17-16-47-14-4-5-26(37)19-6-7-20(32(38)39)23(18-19)27-21-8-10-24(34)30(51(41,42)43)28(21)50-29-22(27)9-11-25(35-2)31(29)52(44,45)46/h6-11,18H,3-5,12-17,34H2,1-2H3,(H,36,40)(H,38,39)(H,41,42,43)(H,44,45,46). The third-order valence-electron chi connectivity index (χ3n) is 7.59. The second kappa shape index (κ2) is 17.1. The molecule has 0 saturated carbocycles. The molecular weight excluding hydrogens is 727 g/mol. The third kappa shape index (κ3) is 9.29. The maximum absolute atomic E-state index is 13.3. The zero-order valence-corrected chi connectivity index (χ0v) is 29.7. The van der Waals surface area contributed by atoms with Gasteiger partial charge < -0.3 is 34.8 Å². The van der Waals surface area contributed by atoms with E-state index in [-0.39, 0.29) is 84.4 Å². The van der Waals surface area contributed by atoms with Crippen molar-refractivity contribution in [3.8, 4) is 22.5 Å². The van der Waals surface area contributed by atoms with E-state index in [4.69, 9.17) is 24.4 Å². The number of aromatic carboxylic acids is 1. The zero-order chi connectivity index (χ0) is 38.2. The van der Waals surface area contributed by atoms with Gasteiger partial charge in [-0.1, -0.05) is 13.0 Å². The lowest BCUT2D eigenvalue weighted by molar-refractivity contribution is 0.0466. The zero-order valence-electron chi connectivity index (χ0n) is 28.1. The predicted octanol–water partition coefficient (Wildman–Crippen LogP) is 3.64. The van der Waals surface area contributed by atoms with Crippen molar-refractivity contribution in [2.75, 3.05) is 52.4 Å². The number of ketones is 1. The van der Waals surface area contributed by atoms with Crippen molar-refractivity contribution in [3.63, 3.8) is 0 Å². The first kappa shape index (κ1) is 39.9. The van der Waals surface area contributed by atoms with Crippen LogP contribution < -0.4 is 16.4 Å². The second-order valence-corrected chi connectivity index (χ2v) is 13.9. The molecule has 0 aromatic heterocycles. The van der Waals surface area contributed by atoms with Gasteiger partial charge in [0.2, 0.25) is 0 Å². The SMILES string of the molecule is CCCOC(=O)NCCOCCOCCCC(=O)c1ccc(C(=O)O)c(-c2c3ccc(=NC)c(S(=O)(=O)O)c-3oc3c(S(=O)(=O)O)c(N)ccc23)c1. The smallest absolute Gasteiger partial charge is 0.407 e. The number of carbonyl (C=O) groups excluding carboxylic acids is 2. The lowest BCUT2D eigenvalue weighted by atomic mass is 9.88. The number of fused-ring (bicyclic) bond motifs is 2. The molecule has 0 saturated heterocycles. The van der Waals surface area contributed by atoms with Crippen molar-refractivity contribution < 1.29 is 64.1 Å². The first-order chi connectivity index (χ1) is 24.6. The summed E-state index contributed by atoms with van der Waals surface area (Å²) in [6.45, 7) is 3.36. The van der Waals surface area contributed by atoms with Crippen molar-refractivity contribution >= 4 is 54.7 Å². The quantitative estimate of drug-likeness (QED) is 0.0338. The first-order valence-electron chi connectivity index (χ1n) is 15.8. The van der Waals surface area contributed by atoms with Gasteiger partial charge in [0.15, 0.2) is 26.9 Å².